The lowest BCUT2D eigenvalue weighted by Gasteiger charge is -2.22. The molecule has 5 heteroatoms. The summed E-state index contributed by atoms with van der Waals surface area (Å²) in [6.07, 6.45) is 0.549. The van der Waals surface area contributed by atoms with E-state index in [9.17, 15) is 0 Å². The summed E-state index contributed by atoms with van der Waals surface area (Å²) < 4.78 is 10.0. The van der Waals surface area contributed by atoms with Gasteiger partial charge in [-0.1, -0.05) is 6.92 Å². The lowest BCUT2D eigenvalue weighted by molar-refractivity contribution is -0.0652. The fraction of sp³-hybridized carbons (Fsp3) is 1.00. The highest BCUT2D eigenvalue weighted by atomic mass is 16.6. The molecule has 0 aromatic carbocycles. The Kier molecular flexibility index (Phi) is 6.23. The van der Waals surface area contributed by atoms with E-state index in [1.54, 1.807) is 0 Å². The summed E-state index contributed by atoms with van der Waals surface area (Å²) in [6.45, 7) is 2.92. The van der Waals surface area contributed by atoms with Crippen molar-refractivity contribution in [3.8, 4) is 0 Å². The fourth-order valence-electron chi connectivity index (χ4n) is 0.559. The van der Waals surface area contributed by atoms with Crippen molar-refractivity contribution in [1.29, 1.82) is 0 Å². The molecule has 0 spiro atoms. The predicted molar refractivity (Wildman–Crippen MR) is 45.3 cm³/mol. The van der Waals surface area contributed by atoms with Crippen molar-refractivity contribution in [3.63, 3.8) is 0 Å². The summed E-state index contributed by atoms with van der Waals surface area (Å²) in [6, 6.07) is 0. The zero-order valence-corrected chi connectivity index (χ0v) is 7.45. The van der Waals surface area contributed by atoms with E-state index in [-0.39, 0.29) is 6.61 Å². The van der Waals surface area contributed by atoms with E-state index in [1.165, 1.54) is 0 Å². The third-order valence-corrected chi connectivity index (χ3v) is 1.39. The second-order valence-corrected chi connectivity index (χ2v) is 2.49. The molecule has 0 aromatic rings. The molecule has 0 aliphatic carbocycles. The highest BCUT2D eigenvalue weighted by molar-refractivity contribution is 4.59. The predicted octanol–water partition coefficient (Wildman–Crippen LogP) is -1.01. The first-order chi connectivity index (χ1) is 5.62. The Morgan fingerprint density at radius 3 is 2.42 bits per heavy atom. The van der Waals surface area contributed by atoms with Gasteiger partial charge in [-0.3, -0.25) is 11.5 Å². The van der Waals surface area contributed by atoms with Crippen LogP contribution in [-0.2, 0) is 9.47 Å². The van der Waals surface area contributed by atoms with Gasteiger partial charge < -0.3 is 14.6 Å². The van der Waals surface area contributed by atoms with Gasteiger partial charge in [-0.05, 0) is 0 Å². The van der Waals surface area contributed by atoms with Gasteiger partial charge in [-0.2, -0.15) is 0 Å². The normalized spacial score (nSPS) is 12.0. The summed E-state index contributed by atoms with van der Waals surface area (Å²) >= 11 is 0. The SMILES string of the molecule is CCC(N)(N)OCCOCCO. The number of aliphatic hydroxyl groups excluding tert-OH is 1. The van der Waals surface area contributed by atoms with Crippen molar-refractivity contribution in [2.75, 3.05) is 26.4 Å². The molecule has 0 fully saturated rings. The third-order valence-electron chi connectivity index (χ3n) is 1.39. The maximum Gasteiger partial charge on any atom is 0.169 e. The van der Waals surface area contributed by atoms with E-state index < -0.39 is 5.85 Å². The molecule has 74 valence electrons. The van der Waals surface area contributed by atoms with Crippen LogP contribution in [-0.4, -0.2) is 37.4 Å². The highest BCUT2D eigenvalue weighted by Crippen LogP contribution is 1.98. The van der Waals surface area contributed by atoms with Crippen LogP contribution in [0.3, 0.4) is 0 Å². The van der Waals surface area contributed by atoms with Crippen LogP contribution in [0.1, 0.15) is 13.3 Å². The molecular formula is C7H18N2O3. The zero-order valence-electron chi connectivity index (χ0n) is 7.45. The lowest BCUT2D eigenvalue weighted by Crippen LogP contribution is -2.51. The van der Waals surface area contributed by atoms with Crippen LogP contribution in [0.5, 0.6) is 0 Å². The van der Waals surface area contributed by atoms with Crippen LogP contribution < -0.4 is 11.5 Å². The molecular weight excluding hydrogens is 160 g/mol. The molecule has 0 rings (SSSR count). The van der Waals surface area contributed by atoms with Crippen LogP contribution in [0.4, 0.5) is 0 Å². The number of aliphatic hydroxyl groups is 1. The average Bonchev–Trinajstić information content (AvgIpc) is 2.04. The van der Waals surface area contributed by atoms with E-state index >= 15 is 0 Å². The Hall–Kier alpha value is -0.200. The van der Waals surface area contributed by atoms with E-state index in [2.05, 4.69) is 0 Å². The molecule has 0 unspecified atom stereocenters. The quantitative estimate of drug-likeness (QED) is 0.343. The van der Waals surface area contributed by atoms with E-state index in [4.69, 9.17) is 26.0 Å². The summed E-state index contributed by atoms with van der Waals surface area (Å²) in [5, 5.41) is 8.36. The van der Waals surface area contributed by atoms with E-state index in [0.717, 1.165) is 0 Å². The van der Waals surface area contributed by atoms with Crippen molar-refractivity contribution in [3.05, 3.63) is 0 Å². The summed E-state index contributed by atoms with van der Waals surface area (Å²) in [5.41, 5.74) is 11.0. The van der Waals surface area contributed by atoms with Crippen molar-refractivity contribution in [2.45, 2.75) is 19.2 Å². The van der Waals surface area contributed by atoms with Gasteiger partial charge in [0.05, 0.1) is 26.4 Å². The van der Waals surface area contributed by atoms with Gasteiger partial charge in [-0.15, -0.1) is 0 Å². The summed E-state index contributed by atoms with van der Waals surface area (Å²) in [7, 11) is 0. The molecule has 5 N–H and O–H groups in total. The number of rotatable bonds is 7. The molecule has 0 aromatic heterocycles. The molecule has 0 heterocycles. The minimum absolute atomic E-state index is 0.0180. The van der Waals surface area contributed by atoms with E-state index in [0.29, 0.717) is 26.2 Å². The molecule has 0 aliphatic rings. The first-order valence-electron chi connectivity index (χ1n) is 4.02. The van der Waals surface area contributed by atoms with Crippen molar-refractivity contribution < 1.29 is 14.6 Å². The second kappa shape index (κ2) is 6.33. The molecule has 0 atom stereocenters. The minimum atomic E-state index is -1.05. The van der Waals surface area contributed by atoms with Gasteiger partial charge in [0.25, 0.3) is 0 Å². The molecule has 12 heavy (non-hydrogen) atoms. The van der Waals surface area contributed by atoms with Crippen LogP contribution in [0, 0.1) is 0 Å². The zero-order chi connectivity index (χ0) is 9.45. The van der Waals surface area contributed by atoms with Crippen molar-refractivity contribution in [2.24, 2.45) is 11.5 Å². The monoisotopic (exact) mass is 178 g/mol. The minimum Gasteiger partial charge on any atom is -0.394 e. The van der Waals surface area contributed by atoms with Crippen LogP contribution >= 0.6 is 0 Å². The topological polar surface area (TPSA) is 90.7 Å². The molecule has 5 nitrogen and oxygen atoms in total. The molecule has 0 aliphatic heterocycles. The van der Waals surface area contributed by atoms with Gasteiger partial charge in [-0.25, -0.2) is 0 Å². The molecule has 0 saturated heterocycles. The van der Waals surface area contributed by atoms with Crippen molar-refractivity contribution in [1.82, 2.24) is 0 Å². The second-order valence-electron chi connectivity index (χ2n) is 2.49. The third kappa shape index (κ3) is 6.51. The Morgan fingerprint density at radius 2 is 1.92 bits per heavy atom. The van der Waals surface area contributed by atoms with Crippen LogP contribution in [0.15, 0.2) is 0 Å². The maximum atomic E-state index is 8.36. The largest absolute Gasteiger partial charge is 0.394 e. The van der Waals surface area contributed by atoms with Gasteiger partial charge in [0.15, 0.2) is 5.85 Å². The standard InChI is InChI=1S/C7H18N2O3/c1-2-7(8,9)12-6-5-11-4-3-10/h10H,2-6,8-9H2,1H3. The fourth-order valence-corrected chi connectivity index (χ4v) is 0.559. The number of nitrogens with two attached hydrogens (primary N) is 2. The Bertz CT molecular complexity index is 109. The van der Waals surface area contributed by atoms with Gasteiger partial charge >= 0.3 is 0 Å². The van der Waals surface area contributed by atoms with E-state index in [1.807, 2.05) is 6.92 Å². The van der Waals surface area contributed by atoms with Crippen LogP contribution in [0.2, 0.25) is 0 Å². The first-order valence-corrected chi connectivity index (χ1v) is 4.02. The highest BCUT2D eigenvalue weighted by Gasteiger charge is 2.15. The number of ether oxygens (including phenoxy) is 2. The molecule has 0 bridgehead atoms. The molecule has 0 radical (unpaired) electrons. The molecule has 0 amide bonds. The molecule has 0 saturated carbocycles. The smallest absolute Gasteiger partial charge is 0.169 e. The Balaban J connectivity index is 3.19. The van der Waals surface area contributed by atoms with Gasteiger partial charge in [0, 0.05) is 6.42 Å². The Morgan fingerprint density at radius 1 is 1.25 bits per heavy atom. The Labute approximate surface area is 72.6 Å². The van der Waals surface area contributed by atoms with Gasteiger partial charge in [0.1, 0.15) is 0 Å². The number of hydrogen-bond acceptors (Lipinski definition) is 5. The average molecular weight is 178 g/mol. The lowest BCUT2D eigenvalue weighted by atomic mass is 10.3. The van der Waals surface area contributed by atoms with Crippen LogP contribution in [0.25, 0.3) is 0 Å². The van der Waals surface area contributed by atoms with Crippen molar-refractivity contribution >= 4 is 0 Å². The maximum absolute atomic E-state index is 8.36. The summed E-state index contributed by atoms with van der Waals surface area (Å²) in [5.74, 6) is -1.05. The number of hydrogen-bond donors (Lipinski definition) is 3. The van der Waals surface area contributed by atoms with Gasteiger partial charge in [0.2, 0.25) is 0 Å². The first kappa shape index (κ1) is 11.8. The summed E-state index contributed by atoms with van der Waals surface area (Å²) in [4.78, 5) is 0.